The van der Waals surface area contributed by atoms with E-state index >= 15 is 0 Å². The summed E-state index contributed by atoms with van der Waals surface area (Å²) in [5, 5.41) is 4.36. The Morgan fingerprint density at radius 2 is 1.76 bits per heavy atom. The van der Waals surface area contributed by atoms with Gasteiger partial charge in [0.05, 0.1) is 5.52 Å². The van der Waals surface area contributed by atoms with Crippen LogP contribution in [0.4, 0.5) is 0 Å². The standard InChI is InChI=1S/C18H18N2O/c1-19-12-15-11-18(20-17-10-6-5-9-16(15)17)21-13-14-7-3-2-4-8-14/h2-11,19H,12-13H2,1H3. The molecule has 0 unspecified atom stereocenters. The van der Waals surface area contributed by atoms with Crippen LogP contribution < -0.4 is 10.1 Å². The van der Waals surface area contributed by atoms with Gasteiger partial charge < -0.3 is 10.1 Å². The van der Waals surface area contributed by atoms with E-state index in [4.69, 9.17) is 4.74 Å². The van der Waals surface area contributed by atoms with Crippen molar-refractivity contribution in [2.45, 2.75) is 13.2 Å². The van der Waals surface area contributed by atoms with Gasteiger partial charge in [0.25, 0.3) is 0 Å². The molecule has 0 bridgehead atoms. The van der Waals surface area contributed by atoms with Crippen molar-refractivity contribution in [2.24, 2.45) is 0 Å². The lowest BCUT2D eigenvalue weighted by molar-refractivity contribution is 0.294. The van der Waals surface area contributed by atoms with Crippen molar-refractivity contribution in [3.63, 3.8) is 0 Å². The maximum Gasteiger partial charge on any atom is 0.214 e. The first kappa shape index (κ1) is 13.6. The zero-order valence-electron chi connectivity index (χ0n) is 12.0. The molecule has 3 aromatic rings. The van der Waals surface area contributed by atoms with Crippen LogP contribution in [0.2, 0.25) is 0 Å². The molecule has 3 rings (SSSR count). The fourth-order valence-electron chi connectivity index (χ4n) is 2.36. The molecule has 2 aromatic carbocycles. The summed E-state index contributed by atoms with van der Waals surface area (Å²) >= 11 is 0. The van der Waals surface area contributed by atoms with Gasteiger partial charge >= 0.3 is 0 Å². The van der Waals surface area contributed by atoms with Gasteiger partial charge in [-0.2, -0.15) is 0 Å². The number of ether oxygens (including phenoxy) is 1. The molecule has 0 fully saturated rings. The SMILES string of the molecule is CNCc1cc(OCc2ccccc2)nc2ccccc12. The highest BCUT2D eigenvalue weighted by Gasteiger charge is 2.06. The zero-order valence-corrected chi connectivity index (χ0v) is 12.0. The van der Waals surface area contributed by atoms with E-state index in [0.717, 1.165) is 17.6 Å². The van der Waals surface area contributed by atoms with E-state index in [2.05, 4.69) is 28.5 Å². The second-order valence-electron chi connectivity index (χ2n) is 4.94. The number of hydrogen-bond acceptors (Lipinski definition) is 3. The number of hydrogen-bond donors (Lipinski definition) is 1. The highest BCUT2D eigenvalue weighted by molar-refractivity contribution is 5.82. The molecule has 0 aliphatic heterocycles. The van der Waals surface area contributed by atoms with E-state index in [0.29, 0.717) is 12.5 Å². The third-order valence-corrected chi connectivity index (χ3v) is 3.38. The van der Waals surface area contributed by atoms with Crippen LogP contribution in [0.5, 0.6) is 5.88 Å². The molecule has 3 nitrogen and oxygen atoms in total. The lowest BCUT2D eigenvalue weighted by Gasteiger charge is -2.10. The number of nitrogens with one attached hydrogen (secondary N) is 1. The van der Waals surface area contributed by atoms with Crippen LogP contribution in [0.15, 0.2) is 60.7 Å². The van der Waals surface area contributed by atoms with E-state index in [1.54, 1.807) is 0 Å². The molecule has 0 spiro atoms. The largest absolute Gasteiger partial charge is 0.473 e. The van der Waals surface area contributed by atoms with Gasteiger partial charge in [0.15, 0.2) is 0 Å². The molecular weight excluding hydrogens is 260 g/mol. The minimum Gasteiger partial charge on any atom is -0.473 e. The second kappa shape index (κ2) is 6.37. The summed E-state index contributed by atoms with van der Waals surface area (Å²) in [4.78, 5) is 4.58. The van der Waals surface area contributed by atoms with Crippen molar-refractivity contribution in [1.82, 2.24) is 10.3 Å². The van der Waals surface area contributed by atoms with Gasteiger partial charge in [0.2, 0.25) is 5.88 Å². The molecule has 0 aliphatic carbocycles. The highest BCUT2D eigenvalue weighted by atomic mass is 16.5. The van der Waals surface area contributed by atoms with Crippen molar-refractivity contribution in [3.05, 3.63) is 71.8 Å². The van der Waals surface area contributed by atoms with Crippen LogP contribution in [-0.2, 0) is 13.2 Å². The Kier molecular flexibility index (Phi) is 4.12. The molecule has 0 saturated carbocycles. The van der Waals surface area contributed by atoms with Crippen molar-refractivity contribution in [3.8, 4) is 5.88 Å². The molecule has 21 heavy (non-hydrogen) atoms. The topological polar surface area (TPSA) is 34.1 Å². The summed E-state index contributed by atoms with van der Waals surface area (Å²) in [5.74, 6) is 0.669. The molecule has 0 radical (unpaired) electrons. The number of pyridine rings is 1. The summed E-state index contributed by atoms with van der Waals surface area (Å²) in [5.41, 5.74) is 3.31. The summed E-state index contributed by atoms with van der Waals surface area (Å²) in [6.07, 6.45) is 0. The smallest absolute Gasteiger partial charge is 0.214 e. The van der Waals surface area contributed by atoms with Gasteiger partial charge in [0.1, 0.15) is 6.61 Å². The fourth-order valence-corrected chi connectivity index (χ4v) is 2.36. The normalized spacial score (nSPS) is 10.7. The third-order valence-electron chi connectivity index (χ3n) is 3.38. The van der Waals surface area contributed by atoms with Crippen LogP contribution >= 0.6 is 0 Å². The lowest BCUT2D eigenvalue weighted by Crippen LogP contribution is -2.07. The monoisotopic (exact) mass is 278 g/mol. The van der Waals surface area contributed by atoms with Gasteiger partial charge in [-0.15, -0.1) is 0 Å². The van der Waals surface area contributed by atoms with E-state index in [1.165, 1.54) is 10.9 Å². The molecule has 1 heterocycles. The Balaban J connectivity index is 1.88. The Morgan fingerprint density at radius 1 is 1.00 bits per heavy atom. The van der Waals surface area contributed by atoms with Crippen molar-refractivity contribution < 1.29 is 4.74 Å². The Bertz CT molecular complexity index is 726. The number of aromatic nitrogens is 1. The highest BCUT2D eigenvalue weighted by Crippen LogP contribution is 2.22. The van der Waals surface area contributed by atoms with E-state index in [9.17, 15) is 0 Å². The van der Waals surface area contributed by atoms with Crippen LogP contribution in [0, 0.1) is 0 Å². The summed E-state index contributed by atoms with van der Waals surface area (Å²) in [7, 11) is 1.94. The third kappa shape index (κ3) is 3.20. The molecular formula is C18H18N2O. The van der Waals surface area contributed by atoms with Crippen molar-refractivity contribution >= 4 is 10.9 Å². The average molecular weight is 278 g/mol. The first-order valence-corrected chi connectivity index (χ1v) is 7.07. The molecule has 0 aliphatic rings. The minimum atomic E-state index is 0.533. The van der Waals surface area contributed by atoms with E-state index in [-0.39, 0.29) is 0 Å². The van der Waals surface area contributed by atoms with Gasteiger partial charge in [-0.25, -0.2) is 4.98 Å². The number of fused-ring (bicyclic) bond motifs is 1. The summed E-state index contributed by atoms with van der Waals surface area (Å²) in [6, 6.07) is 20.3. The Hall–Kier alpha value is -2.39. The predicted octanol–water partition coefficient (Wildman–Crippen LogP) is 3.53. The van der Waals surface area contributed by atoms with E-state index in [1.807, 2.05) is 49.5 Å². The maximum atomic E-state index is 5.85. The maximum absolute atomic E-state index is 5.85. The van der Waals surface area contributed by atoms with Crippen molar-refractivity contribution in [1.29, 1.82) is 0 Å². The molecule has 0 saturated heterocycles. The number of benzene rings is 2. The molecule has 0 atom stereocenters. The van der Waals surface area contributed by atoms with Gasteiger partial charge in [-0.1, -0.05) is 48.5 Å². The average Bonchev–Trinajstić information content (AvgIpc) is 2.54. The van der Waals surface area contributed by atoms with Crippen LogP contribution in [0.25, 0.3) is 10.9 Å². The molecule has 0 amide bonds. The van der Waals surface area contributed by atoms with Gasteiger partial charge in [-0.3, -0.25) is 0 Å². The minimum absolute atomic E-state index is 0.533. The molecule has 1 N–H and O–H groups in total. The Labute approximate surface area is 124 Å². The van der Waals surface area contributed by atoms with Crippen LogP contribution in [-0.4, -0.2) is 12.0 Å². The number of rotatable bonds is 5. The zero-order chi connectivity index (χ0) is 14.5. The second-order valence-corrected chi connectivity index (χ2v) is 4.94. The Morgan fingerprint density at radius 3 is 2.57 bits per heavy atom. The van der Waals surface area contributed by atoms with Crippen molar-refractivity contribution in [2.75, 3.05) is 7.05 Å². The number of nitrogens with zero attached hydrogens (tertiary/aromatic N) is 1. The molecule has 106 valence electrons. The predicted molar refractivity (Wildman–Crippen MR) is 85.3 cm³/mol. The first-order chi connectivity index (χ1) is 10.4. The first-order valence-electron chi connectivity index (χ1n) is 7.07. The lowest BCUT2D eigenvalue weighted by atomic mass is 10.1. The van der Waals surface area contributed by atoms with E-state index < -0.39 is 0 Å². The quantitative estimate of drug-likeness (QED) is 0.775. The summed E-state index contributed by atoms with van der Waals surface area (Å²) < 4.78 is 5.85. The van der Waals surface area contributed by atoms with Crippen LogP contribution in [0.1, 0.15) is 11.1 Å². The number of para-hydroxylation sites is 1. The molecule has 3 heteroatoms. The van der Waals surface area contributed by atoms with Crippen LogP contribution in [0.3, 0.4) is 0 Å². The summed E-state index contributed by atoms with van der Waals surface area (Å²) in [6.45, 7) is 1.33. The van der Waals surface area contributed by atoms with Gasteiger partial charge in [-0.05, 0) is 24.2 Å². The fraction of sp³-hybridized carbons (Fsp3) is 0.167. The van der Waals surface area contributed by atoms with Gasteiger partial charge in [0, 0.05) is 18.0 Å². The molecule has 1 aromatic heterocycles.